The van der Waals surface area contributed by atoms with E-state index in [9.17, 15) is 9.90 Å². The van der Waals surface area contributed by atoms with Crippen molar-refractivity contribution in [2.45, 2.75) is 30.9 Å². The van der Waals surface area contributed by atoms with Gasteiger partial charge in [0, 0.05) is 16.9 Å². The van der Waals surface area contributed by atoms with E-state index >= 15 is 0 Å². The van der Waals surface area contributed by atoms with Gasteiger partial charge >= 0.3 is 5.97 Å². The van der Waals surface area contributed by atoms with E-state index in [2.05, 4.69) is 53.0 Å². The smallest absolute Gasteiger partial charge is 0.314 e. The molecule has 1 heterocycles. The lowest BCUT2D eigenvalue weighted by molar-refractivity contribution is -0.140. The fourth-order valence-electron chi connectivity index (χ4n) is 4.16. The van der Waals surface area contributed by atoms with Crippen LogP contribution in [-0.4, -0.2) is 16.2 Å². The molecule has 1 saturated carbocycles. The number of hydrogen-bond donors (Lipinski definition) is 1. The zero-order valence-corrected chi connectivity index (χ0v) is 19.7. The molecule has 0 aliphatic heterocycles. The highest BCUT2D eigenvalue weighted by atomic mass is 32.2. The molecular weight excluding hydrogens is 442 g/mol. The molecule has 1 N–H and O–H groups in total. The van der Waals surface area contributed by atoms with Gasteiger partial charge in [-0.25, -0.2) is 0 Å². The monoisotopic (exact) mass is 467 g/mol. The molecule has 0 amide bonds. The Labute approximate surface area is 203 Å². The first-order valence-electron chi connectivity index (χ1n) is 11.3. The van der Waals surface area contributed by atoms with Gasteiger partial charge in [0.25, 0.3) is 0 Å². The van der Waals surface area contributed by atoms with Gasteiger partial charge in [-0.3, -0.25) is 4.79 Å². The number of carbonyl (C=O) groups is 1. The van der Waals surface area contributed by atoms with Crippen LogP contribution in [0.25, 0.3) is 28.5 Å². The molecule has 4 aromatic rings. The number of thioether (sulfide) groups is 1. The van der Waals surface area contributed by atoms with E-state index in [1.165, 1.54) is 5.56 Å². The second-order valence-electron chi connectivity index (χ2n) is 8.65. The molecule has 1 aliphatic rings. The van der Waals surface area contributed by atoms with Gasteiger partial charge < -0.3 is 9.63 Å². The van der Waals surface area contributed by atoms with Crippen molar-refractivity contribution in [1.82, 2.24) is 5.16 Å². The highest BCUT2D eigenvalue weighted by Gasteiger charge is 2.51. The number of aliphatic carboxylic acids is 1. The molecule has 5 heteroatoms. The average Bonchev–Trinajstić information content (AvgIpc) is 3.61. The van der Waals surface area contributed by atoms with Crippen molar-refractivity contribution < 1.29 is 14.4 Å². The fraction of sp³-hybridized carbons (Fsp3) is 0.172. The summed E-state index contributed by atoms with van der Waals surface area (Å²) in [5.74, 6) is 0.946. The first-order valence-corrected chi connectivity index (χ1v) is 12.3. The van der Waals surface area contributed by atoms with Crippen molar-refractivity contribution in [1.29, 1.82) is 0 Å². The molecule has 34 heavy (non-hydrogen) atoms. The number of carboxylic acid groups (broad SMARTS) is 1. The number of aryl methyl sites for hydroxylation is 1. The van der Waals surface area contributed by atoms with Crippen molar-refractivity contribution in [2.75, 3.05) is 0 Å². The number of rotatable bonds is 8. The van der Waals surface area contributed by atoms with Crippen molar-refractivity contribution >= 4 is 23.8 Å². The minimum Gasteiger partial charge on any atom is -0.481 e. The molecule has 3 aromatic carbocycles. The molecule has 0 unspecified atom stereocenters. The predicted octanol–water partition coefficient (Wildman–Crippen LogP) is 7.34. The molecule has 170 valence electrons. The number of aromatic nitrogens is 1. The average molecular weight is 468 g/mol. The lowest BCUT2D eigenvalue weighted by Gasteiger charge is -2.11. The number of hydrogen-bond acceptors (Lipinski definition) is 4. The lowest BCUT2D eigenvalue weighted by Crippen LogP contribution is -2.19. The van der Waals surface area contributed by atoms with Crippen LogP contribution in [0.1, 0.15) is 35.2 Å². The van der Waals surface area contributed by atoms with Crippen LogP contribution >= 0.6 is 11.8 Å². The second-order valence-corrected chi connectivity index (χ2v) is 9.55. The molecule has 0 bridgehead atoms. The fourth-order valence-corrected chi connectivity index (χ4v) is 4.88. The molecule has 1 fully saturated rings. The molecule has 5 rings (SSSR count). The predicted molar refractivity (Wildman–Crippen MR) is 137 cm³/mol. The zero-order valence-electron chi connectivity index (χ0n) is 18.9. The second kappa shape index (κ2) is 9.35. The summed E-state index contributed by atoms with van der Waals surface area (Å²) < 4.78 is 5.66. The summed E-state index contributed by atoms with van der Waals surface area (Å²) in [6, 6.07) is 26.5. The van der Waals surface area contributed by atoms with Gasteiger partial charge in [-0.05, 0) is 53.5 Å². The van der Waals surface area contributed by atoms with E-state index in [4.69, 9.17) is 4.52 Å². The summed E-state index contributed by atoms with van der Waals surface area (Å²) in [5.41, 5.74) is 6.45. The van der Waals surface area contributed by atoms with E-state index in [0.717, 1.165) is 45.0 Å². The van der Waals surface area contributed by atoms with E-state index in [1.54, 1.807) is 11.8 Å². The van der Waals surface area contributed by atoms with Crippen LogP contribution in [0, 0.1) is 6.92 Å². The van der Waals surface area contributed by atoms with Crippen molar-refractivity contribution in [2.24, 2.45) is 0 Å². The topological polar surface area (TPSA) is 63.3 Å². The van der Waals surface area contributed by atoms with Crippen LogP contribution in [0.15, 0.2) is 88.8 Å². The minimum atomic E-state index is -0.727. The Hall–Kier alpha value is -3.57. The summed E-state index contributed by atoms with van der Waals surface area (Å²) in [7, 11) is 0. The molecule has 1 aliphatic carbocycles. The summed E-state index contributed by atoms with van der Waals surface area (Å²) >= 11 is 1.74. The van der Waals surface area contributed by atoms with Crippen molar-refractivity contribution in [3.05, 3.63) is 107 Å². The van der Waals surface area contributed by atoms with E-state index in [1.807, 2.05) is 49.4 Å². The molecule has 4 nitrogen and oxygen atoms in total. The number of carboxylic acids is 1. The molecule has 0 spiro atoms. The van der Waals surface area contributed by atoms with Crippen LogP contribution in [-0.2, 0) is 16.0 Å². The summed E-state index contributed by atoms with van der Waals surface area (Å²) in [4.78, 5) is 11.6. The van der Waals surface area contributed by atoms with Crippen LogP contribution in [0.4, 0.5) is 0 Å². The Morgan fingerprint density at radius 2 is 1.59 bits per heavy atom. The standard InChI is InChI=1S/C29H25NO3S/c1-20-26(15-18-34-19-21-5-3-2-4-6-21)27(33-30-20)24-9-7-22(8-10-24)23-11-13-25(14-12-23)29(16-17-29)28(31)32/h2-15,18H,16-17,19H2,1H3,(H,31,32)/b18-15+. The molecule has 0 radical (unpaired) electrons. The van der Waals surface area contributed by atoms with Gasteiger partial charge in [0.15, 0.2) is 5.76 Å². The SMILES string of the molecule is Cc1noc(-c2ccc(-c3ccc(C4(C(=O)O)CC4)cc3)cc2)c1/C=C/SCc1ccccc1. The summed E-state index contributed by atoms with van der Waals surface area (Å²) in [6.45, 7) is 1.95. The van der Waals surface area contributed by atoms with Gasteiger partial charge in [0.05, 0.1) is 11.1 Å². The van der Waals surface area contributed by atoms with E-state index in [0.29, 0.717) is 12.8 Å². The first kappa shape index (κ1) is 22.2. The maximum absolute atomic E-state index is 11.6. The minimum absolute atomic E-state index is 0.671. The van der Waals surface area contributed by atoms with Gasteiger partial charge in [-0.15, -0.1) is 11.8 Å². The van der Waals surface area contributed by atoms with E-state index in [-0.39, 0.29) is 0 Å². The van der Waals surface area contributed by atoms with Gasteiger partial charge in [0.1, 0.15) is 0 Å². The third kappa shape index (κ3) is 4.44. The first-order chi connectivity index (χ1) is 16.6. The van der Waals surface area contributed by atoms with Crippen LogP contribution in [0.5, 0.6) is 0 Å². The number of nitrogens with zero attached hydrogens (tertiary/aromatic N) is 1. The highest BCUT2D eigenvalue weighted by molar-refractivity contribution is 8.01. The van der Waals surface area contributed by atoms with Crippen molar-refractivity contribution in [3.8, 4) is 22.5 Å². The molecule has 1 aromatic heterocycles. The Morgan fingerprint density at radius 1 is 0.971 bits per heavy atom. The Morgan fingerprint density at radius 3 is 2.21 bits per heavy atom. The highest BCUT2D eigenvalue weighted by Crippen LogP contribution is 2.48. The maximum atomic E-state index is 11.6. The normalized spacial score (nSPS) is 14.4. The third-order valence-electron chi connectivity index (χ3n) is 6.41. The zero-order chi connectivity index (χ0) is 23.5. The summed E-state index contributed by atoms with van der Waals surface area (Å²) in [6.07, 6.45) is 3.50. The molecule has 0 saturated heterocycles. The number of benzene rings is 3. The Kier molecular flexibility index (Phi) is 6.12. The summed E-state index contributed by atoms with van der Waals surface area (Å²) in [5, 5.41) is 15.8. The quantitative estimate of drug-likeness (QED) is 0.294. The molecular formula is C29H25NO3S. The van der Waals surface area contributed by atoms with Gasteiger partial charge in [-0.1, -0.05) is 84.0 Å². The maximum Gasteiger partial charge on any atom is 0.314 e. The van der Waals surface area contributed by atoms with Crippen LogP contribution in [0.2, 0.25) is 0 Å². The van der Waals surface area contributed by atoms with Gasteiger partial charge in [0.2, 0.25) is 0 Å². The van der Waals surface area contributed by atoms with Crippen LogP contribution < -0.4 is 0 Å². The Balaban J connectivity index is 1.30. The van der Waals surface area contributed by atoms with Crippen molar-refractivity contribution in [3.63, 3.8) is 0 Å². The van der Waals surface area contributed by atoms with Gasteiger partial charge in [-0.2, -0.15) is 0 Å². The van der Waals surface area contributed by atoms with E-state index < -0.39 is 11.4 Å². The Bertz CT molecular complexity index is 1320. The molecule has 0 atom stereocenters. The lowest BCUT2D eigenvalue weighted by atomic mass is 9.93. The largest absolute Gasteiger partial charge is 0.481 e. The van der Waals surface area contributed by atoms with Crippen LogP contribution in [0.3, 0.4) is 0 Å². The third-order valence-corrected chi connectivity index (χ3v) is 7.24.